The van der Waals surface area contributed by atoms with Crippen LogP contribution in [0.4, 0.5) is 0 Å². The van der Waals surface area contributed by atoms with Gasteiger partial charge in [0.15, 0.2) is 0 Å². The second-order valence-corrected chi connectivity index (χ2v) is 9.99. The lowest BCUT2D eigenvalue weighted by Gasteiger charge is -2.40. The van der Waals surface area contributed by atoms with E-state index in [0.29, 0.717) is 19.4 Å². The molecule has 0 aromatic heterocycles. The number of carbonyl (C=O) groups excluding carboxylic acids is 3. The maximum Gasteiger partial charge on any atom is 0.313 e. The lowest BCUT2D eigenvalue weighted by Crippen LogP contribution is -2.59. The summed E-state index contributed by atoms with van der Waals surface area (Å²) in [7, 11) is 0. The number of amides is 2. The van der Waals surface area contributed by atoms with Gasteiger partial charge in [-0.3, -0.25) is 14.4 Å². The van der Waals surface area contributed by atoms with Gasteiger partial charge in [-0.2, -0.15) is 0 Å². The molecule has 7 atom stereocenters. The molecule has 0 aliphatic carbocycles. The molecule has 3 rings (SSSR count). The number of rotatable bonds is 10. The number of fused-ring (bicyclic) bond motifs is 1. The van der Waals surface area contributed by atoms with E-state index in [4.69, 9.17) is 9.47 Å². The van der Waals surface area contributed by atoms with Gasteiger partial charge < -0.3 is 24.4 Å². The number of aliphatic hydroxyl groups is 1. The van der Waals surface area contributed by atoms with Gasteiger partial charge >= 0.3 is 5.97 Å². The molecule has 0 radical (unpaired) electrons. The first-order chi connectivity index (χ1) is 15.5. The third-order valence-corrected chi connectivity index (χ3v) is 7.89. The van der Waals surface area contributed by atoms with Gasteiger partial charge in [0.05, 0.1) is 24.2 Å². The van der Waals surface area contributed by atoms with Crippen molar-refractivity contribution in [3.63, 3.8) is 0 Å². The monoisotopic (exact) mass is 462 g/mol. The Morgan fingerprint density at radius 2 is 2.03 bits per heavy atom. The molecule has 8 heteroatoms. The Morgan fingerprint density at radius 3 is 2.55 bits per heavy atom. The smallest absolute Gasteiger partial charge is 0.313 e. The van der Waals surface area contributed by atoms with E-state index >= 15 is 0 Å². The maximum absolute atomic E-state index is 14.0. The van der Waals surface area contributed by atoms with Gasteiger partial charge in [0, 0.05) is 12.6 Å². The number of esters is 1. The minimum absolute atomic E-state index is 0.0362. The molecule has 3 fully saturated rings. The summed E-state index contributed by atoms with van der Waals surface area (Å²) in [5.41, 5.74) is -2.08. The minimum atomic E-state index is -1.16. The van der Waals surface area contributed by atoms with Crippen molar-refractivity contribution in [1.82, 2.24) is 9.80 Å². The maximum atomic E-state index is 14.0. The minimum Gasteiger partial charge on any atom is -0.461 e. The highest BCUT2D eigenvalue weighted by Crippen LogP contribution is 2.65. The first-order valence-corrected chi connectivity index (χ1v) is 11.9. The number of hydrogen-bond donors (Lipinski definition) is 1. The highest BCUT2D eigenvalue weighted by Gasteiger charge is 2.80. The fourth-order valence-electron chi connectivity index (χ4n) is 6.20. The van der Waals surface area contributed by atoms with Gasteiger partial charge in [-0.05, 0) is 39.5 Å². The van der Waals surface area contributed by atoms with Crippen molar-refractivity contribution in [2.24, 2.45) is 17.8 Å². The van der Waals surface area contributed by atoms with Crippen LogP contribution in [0, 0.1) is 17.8 Å². The molecule has 0 saturated carbocycles. The molecule has 8 nitrogen and oxygen atoms in total. The third-order valence-electron chi connectivity index (χ3n) is 7.89. The Balaban J connectivity index is 2.16. The van der Waals surface area contributed by atoms with E-state index in [1.165, 1.54) is 11.0 Å². The van der Waals surface area contributed by atoms with Crippen molar-refractivity contribution >= 4 is 17.8 Å². The van der Waals surface area contributed by atoms with Crippen LogP contribution in [0.2, 0.25) is 0 Å². The molecule has 184 valence electrons. The molecule has 3 saturated heterocycles. The van der Waals surface area contributed by atoms with Crippen LogP contribution in [0.1, 0.15) is 47.5 Å². The van der Waals surface area contributed by atoms with Crippen molar-refractivity contribution in [2.75, 3.05) is 19.8 Å². The van der Waals surface area contributed by atoms with E-state index in [1.54, 1.807) is 11.0 Å². The van der Waals surface area contributed by atoms with Gasteiger partial charge in [-0.25, -0.2) is 0 Å². The molecule has 0 aromatic rings. The Bertz CT molecular complexity index is 824. The summed E-state index contributed by atoms with van der Waals surface area (Å²) in [6.07, 6.45) is 4.08. The van der Waals surface area contributed by atoms with Crippen LogP contribution in [0.15, 0.2) is 25.3 Å². The van der Waals surface area contributed by atoms with Crippen LogP contribution < -0.4 is 0 Å². The Morgan fingerprint density at radius 1 is 1.36 bits per heavy atom. The Labute approximate surface area is 196 Å². The number of likely N-dealkylation sites (tertiary alicyclic amines) is 1. The van der Waals surface area contributed by atoms with Crippen LogP contribution in [0.3, 0.4) is 0 Å². The SMILES string of the molecule is C=CCOC(=O)[C@H]1[C@H]2C(=O)N([C@@H](CC)CO)C(C(=O)N(CC=C)C(C)C)C23CC(C)[C@]1(C)O3. The fraction of sp³-hybridized carbons (Fsp3) is 0.720. The van der Waals surface area contributed by atoms with Gasteiger partial charge in [0.1, 0.15) is 24.2 Å². The first-order valence-electron chi connectivity index (χ1n) is 11.9. The number of carbonyl (C=O) groups is 3. The quantitative estimate of drug-likeness (QED) is 0.394. The summed E-state index contributed by atoms with van der Waals surface area (Å²) in [4.78, 5) is 44.4. The fourth-order valence-corrected chi connectivity index (χ4v) is 6.20. The van der Waals surface area contributed by atoms with E-state index in [-0.39, 0.29) is 37.0 Å². The van der Waals surface area contributed by atoms with Crippen molar-refractivity contribution in [1.29, 1.82) is 0 Å². The van der Waals surface area contributed by atoms with Gasteiger partial charge in [0.2, 0.25) is 11.8 Å². The lowest BCUT2D eigenvalue weighted by molar-refractivity contribution is -0.163. The second kappa shape index (κ2) is 9.22. The summed E-state index contributed by atoms with van der Waals surface area (Å²) in [6, 6.07) is -1.62. The highest BCUT2D eigenvalue weighted by molar-refractivity contribution is 5.99. The van der Waals surface area contributed by atoms with Crippen LogP contribution in [0.25, 0.3) is 0 Å². The molecule has 1 spiro atoms. The molecule has 3 heterocycles. The summed E-state index contributed by atoms with van der Waals surface area (Å²) in [6.45, 7) is 17.0. The molecule has 33 heavy (non-hydrogen) atoms. The predicted octanol–water partition coefficient (Wildman–Crippen LogP) is 1.92. The number of nitrogens with zero attached hydrogens (tertiary/aromatic N) is 2. The van der Waals surface area contributed by atoms with Gasteiger partial charge in [-0.15, -0.1) is 6.58 Å². The molecule has 2 amide bonds. The zero-order valence-electron chi connectivity index (χ0n) is 20.5. The van der Waals surface area contributed by atoms with E-state index in [9.17, 15) is 19.5 Å². The summed E-state index contributed by atoms with van der Waals surface area (Å²) < 4.78 is 12.0. The topological polar surface area (TPSA) is 96.4 Å². The molecular weight excluding hydrogens is 424 g/mol. The molecule has 1 N–H and O–H groups in total. The molecule has 3 aliphatic heterocycles. The molecular formula is C25H38N2O6. The highest BCUT2D eigenvalue weighted by atomic mass is 16.6. The van der Waals surface area contributed by atoms with E-state index < -0.39 is 41.1 Å². The van der Waals surface area contributed by atoms with Crippen molar-refractivity contribution in [2.45, 2.75) is 76.8 Å². The summed E-state index contributed by atoms with van der Waals surface area (Å²) in [5, 5.41) is 10.1. The molecule has 2 bridgehead atoms. The Kier molecular flexibility index (Phi) is 7.10. The van der Waals surface area contributed by atoms with Crippen molar-refractivity contribution < 1.29 is 29.0 Å². The van der Waals surface area contributed by atoms with E-state index in [2.05, 4.69) is 13.2 Å². The first kappa shape index (κ1) is 25.4. The van der Waals surface area contributed by atoms with Crippen LogP contribution in [-0.4, -0.2) is 81.8 Å². The predicted molar refractivity (Wildman–Crippen MR) is 123 cm³/mol. The van der Waals surface area contributed by atoms with Gasteiger partial charge in [-0.1, -0.05) is 32.6 Å². The largest absolute Gasteiger partial charge is 0.461 e. The van der Waals surface area contributed by atoms with Crippen LogP contribution in [-0.2, 0) is 23.9 Å². The molecule has 3 aliphatic rings. The number of aliphatic hydroxyl groups excluding tert-OH is 1. The second-order valence-electron chi connectivity index (χ2n) is 9.99. The third kappa shape index (κ3) is 3.62. The zero-order valence-corrected chi connectivity index (χ0v) is 20.5. The number of ether oxygens (including phenoxy) is 2. The average molecular weight is 463 g/mol. The van der Waals surface area contributed by atoms with E-state index in [1.807, 2.05) is 34.6 Å². The summed E-state index contributed by atoms with van der Waals surface area (Å²) >= 11 is 0. The zero-order chi connectivity index (χ0) is 24.7. The number of hydrogen-bond acceptors (Lipinski definition) is 6. The standard InChI is InChI=1S/C25H38N2O6/c1-8-11-26(15(4)5)22(30)20-25-13-16(6)24(7,33-25)19(23(31)32-12-9-2)18(25)21(29)27(20)17(10-3)14-28/h8-9,15-20,28H,1-2,10-14H2,3-7H3/t16?,17-,18-,19+,20?,24-,25?/m0/s1. The normalized spacial score (nSPS) is 35.5. The Hall–Kier alpha value is -2.19. The summed E-state index contributed by atoms with van der Waals surface area (Å²) in [5.74, 6) is -2.84. The lowest BCUT2D eigenvalue weighted by atomic mass is 9.62. The van der Waals surface area contributed by atoms with Gasteiger partial charge in [0.25, 0.3) is 0 Å². The molecule has 0 aromatic carbocycles. The van der Waals surface area contributed by atoms with Crippen molar-refractivity contribution in [3.8, 4) is 0 Å². The van der Waals surface area contributed by atoms with E-state index in [0.717, 1.165) is 0 Å². The molecule has 3 unspecified atom stereocenters. The van der Waals surface area contributed by atoms with Crippen molar-refractivity contribution in [3.05, 3.63) is 25.3 Å². The van der Waals surface area contributed by atoms with Crippen LogP contribution >= 0.6 is 0 Å². The average Bonchev–Trinajstić information content (AvgIpc) is 3.28. The van der Waals surface area contributed by atoms with Crippen LogP contribution in [0.5, 0.6) is 0 Å².